The fourth-order valence-electron chi connectivity index (χ4n) is 5.90. The normalized spacial score (nSPS) is 29.7. The lowest BCUT2D eigenvalue weighted by atomic mass is 9.70. The third kappa shape index (κ3) is 4.11. The van der Waals surface area contributed by atoms with Crippen LogP contribution in [0.5, 0.6) is 0 Å². The Balaban J connectivity index is 1.43. The summed E-state index contributed by atoms with van der Waals surface area (Å²) in [5.74, 6) is -1.79. The minimum absolute atomic E-state index is 0.0165. The average molecular weight is 514 g/mol. The number of hydrogen-bond donors (Lipinski definition) is 3. The van der Waals surface area contributed by atoms with Gasteiger partial charge in [0.2, 0.25) is 17.7 Å². The largest absolute Gasteiger partial charge is 0.394 e. The number of aliphatic hydroxyl groups excluding tert-OH is 1. The van der Waals surface area contributed by atoms with E-state index in [0.29, 0.717) is 23.7 Å². The smallest absolute Gasteiger partial charge is 0.248 e. The number of hydrogen-bond acceptors (Lipinski definition) is 5. The highest BCUT2D eigenvalue weighted by atomic mass is 35.5. The summed E-state index contributed by atoms with van der Waals surface area (Å²) in [6.45, 7) is 1.86. The van der Waals surface area contributed by atoms with Crippen molar-refractivity contribution in [2.75, 3.05) is 11.9 Å². The summed E-state index contributed by atoms with van der Waals surface area (Å²) >= 11 is 7.58. The third-order valence-corrected chi connectivity index (χ3v) is 9.65. The number of fused-ring (bicyclic) bond motifs is 1. The summed E-state index contributed by atoms with van der Waals surface area (Å²) in [5, 5.41) is 16.4. The zero-order valence-corrected chi connectivity index (χ0v) is 20.9. The molecule has 7 nitrogen and oxygen atoms in total. The molecule has 2 aromatic carbocycles. The van der Waals surface area contributed by atoms with E-state index in [1.807, 2.05) is 30.3 Å². The maximum Gasteiger partial charge on any atom is 0.248 e. The molecule has 0 aliphatic carbocycles. The van der Waals surface area contributed by atoms with Crippen molar-refractivity contribution in [1.29, 1.82) is 0 Å². The molecule has 1 spiro atoms. The lowest BCUT2D eigenvalue weighted by Crippen LogP contribution is -2.54. The van der Waals surface area contributed by atoms with E-state index in [4.69, 9.17) is 11.6 Å². The zero-order chi connectivity index (χ0) is 24.7. The van der Waals surface area contributed by atoms with Crippen LogP contribution >= 0.6 is 23.4 Å². The zero-order valence-electron chi connectivity index (χ0n) is 19.3. The van der Waals surface area contributed by atoms with E-state index in [-0.39, 0.29) is 29.6 Å². The van der Waals surface area contributed by atoms with Gasteiger partial charge in [0.25, 0.3) is 0 Å². The number of anilines is 1. The van der Waals surface area contributed by atoms with Crippen molar-refractivity contribution in [2.24, 2.45) is 11.8 Å². The molecule has 3 heterocycles. The van der Waals surface area contributed by atoms with Gasteiger partial charge in [-0.15, -0.1) is 11.8 Å². The van der Waals surface area contributed by atoms with Gasteiger partial charge >= 0.3 is 0 Å². The monoisotopic (exact) mass is 513 g/mol. The molecule has 0 aromatic heterocycles. The Morgan fingerprint density at radius 2 is 1.89 bits per heavy atom. The number of aliphatic hydroxyl groups is 1. The van der Waals surface area contributed by atoms with Crippen LogP contribution in [0.4, 0.5) is 5.69 Å². The molecule has 3 N–H and O–H groups in total. The number of nitrogens with one attached hydrogen (secondary N) is 2. The van der Waals surface area contributed by atoms with Gasteiger partial charge in [-0.1, -0.05) is 41.9 Å². The summed E-state index contributed by atoms with van der Waals surface area (Å²) < 4.78 is -0.698. The first-order valence-electron chi connectivity index (χ1n) is 11.8. The molecule has 3 aliphatic rings. The maximum atomic E-state index is 13.8. The number of carbonyl (C=O) groups is 3. The molecule has 5 rings (SSSR count). The fourth-order valence-corrected chi connectivity index (χ4v) is 8.23. The Labute approximate surface area is 213 Å². The van der Waals surface area contributed by atoms with Crippen LogP contribution < -0.4 is 10.6 Å². The standard InChI is InChI=1S/C26H28ClN3O4S/c1-15(14-31)30-22(24(33)29-18-9-7-17(27)8-10-18)26-12-11-19(35-26)20(21(26)25(30)34)23(32)28-13-16-5-3-2-4-6-16/h2-10,15,19-22,31H,11-14H2,1H3,(H,28,32)(H,29,33)/t15-,19+,20-,21+,22?,26?/m1/s1. The third-order valence-electron chi connectivity index (χ3n) is 7.45. The van der Waals surface area contributed by atoms with E-state index in [2.05, 4.69) is 10.6 Å². The highest BCUT2D eigenvalue weighted by Crippen LogP contribution is 2.66. The molecule has 9 heteroatoms. The van der Waals surface area contributed by atoms with Crippen LogP contribution in [0.1, 0.15) is 25.3 Å². The van der Waals surface area contributed by atoms with Crippen LogP contribution in [0.15, 0.2) is 54.6 Å². The average Bonchev–Trinajstić information content (AvgIpc) is 3.51. The summed E-state index contributed by atoms with van der Waals surface area (Å²) in [7, 11) is 0. The Bertz CT molecular complexity index is 1130. The molecule has 35 heavy (non-hydrogen) atoms. The molecular weight excluding hydrogens is 486 g/mol. The van der Waals surface area contributed by atoms with E-state index in [1.54, 1.807) is 43.0 Å². The van der Waals surface area contributed by atoms with Crippen LogP contribution in [0.3, 0.4) is 0 Å². The van der Waals surface area contributed by atoms with Gasteiger partial charge in [-0.3, -0.25) is 14.4 Å². The minimum atomic E-state index is -0.778. The first kappa shape index (κ1) is 24.2. The lowest BCUT2D eigenvalue weighted by molar-refractivity contribution is -0.141. The van der Waals surface area contributed by atoms with Crippen molar-refractivity contribution in [1.82, 2.24) is 10.2 Å². The molecule has 2 bridgehead atoms. The second-order valence-electron chi connectivity index (χ2n) is 9.53. The van der Waals surface area contributed by atoms with E-state index in [1.165, 1.54) is 4.90 Å². The van der Waals surface area contributed by atoms with Crippen LogP contribution in [-0.4, -0.2) is 56.4 Å². The predicted octanol–water partition coefficient (Wildman–Crippen LogP) is 3.07. The number of nitrogens with zero attached hydrogens (tertiary/aromatic N) is 1. The second kappa shape index (κ2) is 9.48. The van der Waals surface area contributed by atoms with Gasteiger partial charge in [-0.25, -0.2) is 0 Å². The summed E-state index contributed by atoms with van der Waals surface area (Å²) in [5.41, 5.74) is 1.57. The van der Waals surface area contributed by atoms with Gasteiger partial charge in [0.15, 0.2) is 0 Å². The van der Waals surface area contributed by atoms with Gasteiger partial charge in [0, 0.05) is 22.5 Å². The SMILES string of the molecule is C[C@H](CO)N1C(=O)[C@@H]2[C@H](C(=O)NCc3ccccc3)[C@@H]3CCC2(S3)C1C(=O)Nc1ccc(Cl)cc1. The summed E-state index contributed by atoms with van der Waals surface area (Å²) in [6.07, 6.45) is 1.44. The number of benzene rings is 2. The predicted molar refractivity (Wildman–Crippen MR) is 136 cm³/mol. The van der Waals surface area contributed by atoms with Gasteiger partial charge in [0.1, 0.15) is 6.04 Å². The highest BCUT2D eigenvalue weighted by Gasteiger charge is 2.74. The molecule has 0 radical (unpaired) electrons. The number of carbonyl (C=O) groups excluding carboxylic acids is 3. The molecule has 2 unspecified atom stereocenters. The highest BCUT2D eigenvalue weighted by molar-refractivity contribution is 8.02. The van der Waals surface area contributed by atoms with Gasteiger partial charge in [-0.05, 0) is 49.6 Å². The van der Waals surface area contributed by atoms with Crippen LogP contribution in [0.2, 0.25) is 5.02 Å². The molecule has 2 aromatic rings. The molecule has 3 aliphatic heterocycles. The number of halogens is 1. The van der Waals surface area contributed by atoms with E-state index in [9.17, 15) is 19.5 Å². The van der Waals surface area contributed by atoms with E-state index in [0.717, 1.165) is 12.0 Å². The van der Waals surface area contributed by atoms with Gasteiger partial charge in [-0.2, -0.15) is 0 Å². The Kier molecular flexibility index (Phi) is 6.55. The molecule has 3 saturated heterocycles. The first-order chi connectivity index (χ1) is 16.9. The van der Waals surface area contributed by atoms with Gasteiger partial charge < -0.3 is 20.6 Å². The Hall–Kier alpha value is -2.55. The first-order valence-corrected chi connectivity index (χ1v) is 13.1. The molecule has 3 fully saturated rings. The molecule has 6 atom stereocenters. The van der Waals surface area contributed by atoms with Crippen molar-refractivity contribution < 1.29 is 19.5 Å². The summed E-state index contributed by atoms with van der Waals surface area (Å²) in [6, 6.07) is 15.1. The van der Waals surface area contributed by atoms with Crippen molar-refractivity contribution in [3.05, 3.63) is 65.2 Å². The van der Waals surface area contributed by atoms with Crippen molar-refractivity contribution in [3.63, 3.8) is 0 Å². The van der Waals surface area contributed by atoms with Crippen LogP contribution in [0, 0.1) is 11.8 Å². The number of amides is 3. The topological polar surface area (TPSA) is 98.7 Å². The number of thioether (sulfide) groups is 1. The lowest BCUT2D eigenvalue weighted by Gasteiger charge is -2.36. The maximum absolute atomic E-state index is 13.8. The molecule has 3 amide bonds. The fraction of sp³-hybridized carbons (Fsp3) is 0.423. The molecule has 184 valence electrons. The number of likely N-dealkylation sites (tertiary alicyclic amines) is 1. The van der Waals surface area contributed by atoms with Gasteiger partial charge in [0.05, 0.1) is 29.2 Å². The van der Waals surface area contributed by atoms with E-state index < -0.39 is 28.7 Å². The quantitative estimate of drug-likeness (QED) is 0.528. The molecule has 0 saturated carbocycles. The van der Waals surface area contributed by atoms with Crippen molar-refractivity contribution in [3.8, 4) is 0 Å². The Morgan fingerprint density at radius 1 is 1.17 bits per heavy atom. The van der Waals surface area contributed by atoms with Crippen molar-refractivity contribution in [2.45, 2.75) is 48.4 Å². The van der Waals surface area contributed by atoms with Crippen molar-refractivity contribution >= 4 is 46.8 Å². The Morgan fingerprint density at radius 3 is 2.57 bits per heavy atom. The van der Waals surface area contributed by atoms with E-state index >= 15 is 0 Å². The van der Waals surface area contributed by atoms with Crippen LogP contribution in [-0.2, 0) is 20.9 Å². The second-order valence-corrected chi connectivity index (χ2v) is 11.6. The number of rotatable bonds is 7. The van der Waals surface area contributed by atoms with Crippen LogP contribution in [0.25, 0.3) is 0 Å². The molecular formula is C26H28ClN3O4S. The minimum Gasteiger partial charge on any atom is -0.394 e. The summed E-state index contributed by atoms with van der Waals surface area (Å²) in [4.78, 5) is 42.3.